The Balaban J connectivity index is 2.15. The molecule has 2 heterocycles. The quantitative estimate of drug-likeness (QED) is 0.337. The lowest BCUT2D eigenvalue weighted by molar-refractivity contribution is -0.0951. The van der Waals surface area contributed by atoms with E-state index in [9.17, 15) is 15.3 Å². The van der Waals surface area contributed by atoms with Crippen molar-refractivity contribution in [2.24, 2.45) is 5.73 Å². The molecule has 2 saturated heterocycles. The van der Waals surface area contributed by atoms with Gasteiger partial charge < -0.3 is 21.1 Å². The highest BCUT2D eigenvalue weighted by Gasteiger charge is 2.46. The summed E-state index contributed by atoms with van der Waals surface area (Å²) in [5, 5.41) is 28.7. The summed E-state index contributed by atoms with van der Waals surface area (Å²) in [4.78, 5) is 1.95. The van der Waals surface area contributed by atoms with E-state index < -0.39 is 24.4 Å². The van der Waals surface area contributed by atoms with Gasteiger partial charge in [0, 0.05) is 19.1 Å². The molecule has 2 aliphatic rings. The monoisotopic (exact) mass is 188 g/mol. The molecule has 5 nitrogen and oxygen atoms in total. The van der Waals surface area contributed by atoms with Crippen molar-refractivity contribution >= 4 is 0 Å². The second-order valence-electron chi connectivity index (χ2n) is 3.99. The topological polar surface area (TPSA) is 90.0 Å². The molecule has 5 heteroatoms. The van der Waals surface area contributed by atoms with E-state index in [1.54, 1.807) is 0 Å². The van der Waals surface area contributed by atoms with Gasteiger partial charge >= 0.3 is 0 Å². The van der Waals surface area contributed by atoms with E-state index in [0.29, 0.717) is 13.0 Å². The number of rotatable bonds is 0. The zero-order valence-electron chi connectivity index (χ0n) is 7.37. The smallest absolute Gasteiger partial charge is 0.0994 e. The highest BCUT2D eigenvalue weighted by Crippen LogP contribution is 2.27. The van der Waals surface area contributed by atoms with E-state index in [0.717, 1.165) is 6.54 Å². The van der Waals surface area contributed by atoms with Crippen LogP contribution in [-0.2, 0) is 0 Å². The van der Waals surface area contributed by atoms with E-state index in [1.165, 1.54) is 0 Å². The van der Waals surface area contributed by atoms with Gasteiger partial charge in [-0.05, 0) is 6.42 Å². The van der Waals surface area contributed by atoms with E-state index in [4.69, 9.17) is 5.73 Å². The highest BCUT2D eigenvalue weighted by atomic mass is 16.3. The molecule has 0 aromatic carbocycles. The van der Waals surface area contributed by atoms with Crippen molar-refractivity contribution in [3.05, 3.63) is 0 Å². The van der Waals surface area contributed by atoms with Crippen molar-refractivity contribution in [1.82, 2.24) is 4.90 Å². The van der Waals surface area contributed by atoms with Gasteiger partial charge in [0.05, 0.1) is 24.4 Å². The number of hydrogen-bond donors (Lipinski definition) is 4. The maximum absolute atomic E-state index is 9.66. The van der Waals surface area contributed by atoms with Crippen molar-refractivity contribution in [2.75, 3.05) is 13.1 Å². The van der Waals surface area contributed by atoms with Gasteiger partial charge in [0.25, 0.3) is 0 Å². The zero-order chi connectivity index (χ0) is 9.59. The normalized spacial score (nSPS) is 52.2. The average Bonchev–Trinajstić information content (AvgIpc) is 2.43. The summed E-state index contributed by atoms with van der Waals surface area (Å²) in [5.74, 6) is 0. The molecular weight excluding hydrogens is 172 g/mol. The van der Waals surface area contributed by atoms with E-state index in [-0.39, 0.29) is 6.04 Å². The Kier molecular flexibility index (Phi) is 2.29. The van der Waals surface area contributed by atoms with Gasteiger partial charge in [0.15, 0.2) is 0 Å². The Labute approximate surface area is 76.8 Å². The van der Waals surface area contributed by atoms with Crippen LogP contribution in [0.4, 0.5) is 0 Å². The van der Waals surface area contributed by atoms with Crippen molar-refractivity contribution in [3.8, 4) is 0 Å². The molecule has 0 spiro atoms. The van der Waals surface area contributed by atoms with Crippen LogP contribution in [0.5, 0.6) is 0 Å². The first-order valence-corrected chi connectivity index (χ1v) is 4.65. The van der Waals surface area contributed by atoms with Crippen LogP contribution in [0.2, 0.25) is 0 Å². The molecule has 0 bridgehead atoms. The maximum Gasteiger partial charge on any atom is 0.0994 e. The summed E-state index contributed by atoms with van der Waals surface area (Å²) in [6.07, 6.45) is -1.70. The first-order valence-electron chi connectivity index (χ1n) is 4.65. The Bertz CT molecular complexity index is 202. The number of piperidine rings is 1. The van der Waals surface area contributed by atoms with Gasteiger partial charge in [0.2, 0.25) is 0 Å². The van der Waals surface area contributed by atoms with Crippen molar-refractivity contribution < 1.29 is 15.3 Å². The first-order chi connectivity index (χ1) is 6.11. The van der Waals surface area contributed by atoms with Crippen LogP contribution in [0.3, 0.4) is 0 Å². The fraction of sp³-hybridized carbons (Fsp3) is 1.00. The highest BCUT2D eigenvalue weighted by molar-refractivity contribution is 5.02. The van der Waals surface area contributed by atoms with Gasteiger partial charge in [-0.2, -0.15) is 0 Å². The minimum atomic E-state index is -0.916. The lowest BCUT2D eigenvalue weighted by Crippen LogP contribution is -2.63. The summed E-state index contributed by atoms with van der Waals surface area (Å²) in [5.41, 5.74) is 5.64. The summed E-state index contributed by atoms with van der Waals surface area (Å²) in [7, 11) is 0. The molecule has 2 rings (SSSR count). The molecule has 0 aromatic rings. The molecule has 0 saturated carbocycles. The fourth-order valence-electron chi connectivity index (χ4n) is 2.35. The summed E-state index contributed by atoms with van der Waals surface area (Å²) in [6.45, 7) is 1.31. The van der Waals surface area contributed by atoms with Gasteiger partial charge in [-0.3, -0.25) is 4.90 Å². The number of aliphatic hydroxyl groups excluding tert-OH is 3. The lowest BCUT2D eigenvalue weighted by atomic mass is 9.92. The van der Waals surface area contributed by atoms with Crippen LogP contribution in [0.25, 0.3) is 0 Å². The molecular formula is C8H16N2O3. The SMILES string of the molecule is NC1CN2CCC(O)C2C(O)C1O. The van der Waals surface area contributed by atoms with Crippen LogP contribution >= 0.6 is 0 Å². The molecule has 0 aromatic heterocycles. The van der Waals surface area contributed by atoms with E-state index in [2.05, 4.69) is 0 Å². The van der Waals surface area contributed by atoms with E-state index in [1.807, 2.05) is 4.90 Å². The number of aliphatic hydroxyl groups is 3. The Hall–Kier alpha value is -0.200. The molecule has 5 unspecified atom stereocenters. The third-order valence-electron chi connectivity index (χ3n) is 3.11. The van der Waals surface area contributed by atoms with Crippen molar-refractivity contribution in [1.29, 1.82) is 0 Å². The molecule has 5 atom stereocenters. The van der Waals surface area contributed by atoms with Crippen LogP contribution in [0.1, 0.15) is 6.42 Å². The molecule has 2 aliphatic heterocycles. The summed E-state index contributed by atoms with van der Waals surface area (Å²) in [6, 6.07) is -0.730. The second kappa shape index (κ2) is 3.18. The standard InChI is InChI=1S/C8H16N2O3/c9-4-3-10-2-1-5(11)6(10)8(13)7(4)12/h4-8,11-13H,1-3,9H2. The van der Waals surface area contributed by atoms with Gasteiger partial charge in [-0.25, -0.2) is 0 Å². The average molecular weight is 188 g/mol. The number of hydrogen-bond acceptors (Lipinski definition) is 5. The lowest BCUT2D eigenvalue weighted by Gasteiger charge is -2.41. The first kappa shape index (κ1) is 9.36. The maximum atomic E-state index is 9.66. The van der Waals surface area contributed by atoms with Gasteiger partial charge in [-0.15, -0.1) is 0 Å². The molecule has 0 aliphatic carbocycles. The van der Waals surface area contributed by atoms with Crippen molar-refractivity contribution in [3.63, 3.8) is 0 Å². The molecule has 2 fully saturated rings. The second-order valence-corrected chi connectivity index (χ2v) is 3.99. The Morgan fingerprint density at radius 2 is 1.85 bits per heavy atom. The fourth-order valence-corrected chi connectivity index (χ4v) is 2.35. The summed E-state index contributed by atoms with van der Waals surface area (Å²) < 4.78 is 0. The van der Waals surface area contributed by atoms with Gasteiger partial charge in [-0.1, -0.05) is 0 Å². The molecule has 0 radical (unpaired) electrons. The van der Waals surface area contributed by atoms with Crippen LogP contribution in [0, 0.1) is 0 Å². The Morgan fingerprint density at radius 3 is 2.54 bits per heavy atom. The molecule has 76 valence electrons. The van der Waals surface area contributed by atoms with Crippen LogP contribution in [0.15, 0.2) is 0 Å². The number of nitrogens with two attached hydrogens (primary N) is 1. The van der Waals surface area contributed by atoms with Crippen LogP contribution < -0.4 is 5.73 Å². The minimum absolute atomic E-state index is 0.324. The third-order valence-corrected chi connectivity index (χ3v) is 3.11. The van der Waals surface area contributed by atoms with Gasteiger partial charge in [0.1, 0.15) is 0 Å². The van der Waals surface area contributed by atoms with E-state index >= 15 is 0 Å². The predicted octanol–water partition coefficient (Wildman–Crippen LogP) is -2.52. The predicted molar refractivity (Wildman–Crippen MR) is 46.0 cm³/mol. The Morgan fingerprint density at radius 1 is 1.15 bits per heavy atom. The van der Waals surface area contributed by atoms with Crippen molar-refractivity contribution in [2.45, 2.75) is 36.8 Å². The zero-order valence-corrected chi connectivity index (χ0v) is 7.37. The molecule has 13 heavy (non-hydrogen) atoms. The molecule has 5 N–H and O–H groups in total. The third kappa shape index (κ3) is 1.37. The number of fused-ring (bicyclic) bond motifs is 1. The molecule has 0 amide bonds. The minimum Gasteiger partial charge on any atom is -0.391 e. The largest absolute Gasteiger partial charge is 0.391 e. The van der Waals surface area contributed by atoms with Crippen LogP contribution in [-0.4, -0.2) is 63.7 Å². The number of nitrogens with zero attached hydrogens (tertiary/aromatic N) is 1. The summed E-state index contributed by atoms with van der Waals surface area (Å²) >= 11 is 0.